The Bertz CT molecular complexity index is 743. The molecule has 1 aromatic heterocycles. The van der Waals surface area contributed by atoms with Gasteiger partial charge in [-0.2, -0.15) is 0 Å². The fourth-order valence-corrected chi connectivity index (χ4v) is 2.38. The number of aromatic nitrogens is 2. The Hall–Kier alpha value is -2.42. The summed E-state index contributed by atoms with van der Waals surface area (Å²) in [6.45, 7) is 2.63. The van der Waals surface area contributed by atoms with Crippen LogP contribution in [0.3, 0.4) is 0 Å². The number of benzene rings is 2. The van der Waals surface area contributed by atoms with Gasteiger partial charge in [-0.15, -0.1) is 0 Å². The molecule has 0 N–H and O–H groups in total. The van der Waals surface area contributed by atoms with Gasteiger partial charge in [-0.1, -0.05) is 36.4 Å². The molecule has 0 amide bonds. The average molecular weight is 250 g/mol. The molecule has 0 saturated heterocycles. The number of hydrogen-bond acceptors (Lipinski definition) is 2. The Labute approximate surface area is 111 Å². The van der Waals surface area contributed by atoms with Crippen LogP contribution < -0.4 is 0 Å². The number of hydrogen-bond donors (Lipinski definition) is 0. The molecule has 1 heterocycles. The monoisotopic (exact) mass is 250 g/mol. The van der Waals surface area contributed by atoms with Crippen molar-refractivity contribution in [3.8, 4) is 0 Å². The largest absolute Gasteiger partial charge is 0.331 e. The molecule has 0 aliphatic rings. The molecule has 0 aliphatic carbocycles. The molecule has 3 heteroatoms. The van der Waals surface area contributed by atoms with Crippen molar-refractivity contribution < 1.29 is 4.79 Å². The van der Waals surface area contributed by atoms with E-state index < -0.39 is 0 Å². The topological polar surface area (TPSA) is 34.9 Å². The van der Waals surface area contributed by atoms with Crippen molar-refractivity contribution in [3.05, 3.63) is 65.7 Å². The SMILES string of the molecule is Cc1nccn1Cc1c(C=O)ccc2ccccc12. The number of imidazole rings is 1. The van der Waals surface area contributed by atoms with E-state index in [1.54, 1.807) is 6.20 Å². The van der Waals surface area contributed by atoms with E-state index in [2.05, 4.69) is 21.7 Å². The maximum Gasteiger partial charge on any atom is 0.150 e. The highest BCUT2D eigenvalue weighted by Gasteiger charge is 2.08. The zero-order valence-corrected chi connectivity index (χ0v) is 10.7. The normalized spacial score (nSPS) is 10.8. The summed E-state index contributed by atoms with van der Waals surface area (Å²) in [5.74, 6) is 0.949. The first kappa shape index (κ1) is 11.7. The van der Waals surface area contributed by atoms with Gasteiger partial charge in [-0.3, -0.25) is 4.79 Å². The van der Waals surface area contributed by atoms with Gasteiger partial charge >= 0.3 is 0 Å². The van der Waals surface area contributed by atoms with Crippen molar-refractivity contribution in [1.29, 1.82) is 0 Å². The number of aryl methyl sites for hydroxylation is 1. The van der Waals surface area contributed by atoms with Gasteiger partial charge in [0.15, 0.2) is 0 Å². The molecule has 0 saturated carbocycles. The Morgan fingerprint density at radius 1 is 1.21 bits per heavy atom. The number of rotatable bonds is 3. The second-order valence-corrected chi connectivity index (χ2v) is 4.57. The number of nitrogens with zero attached hydrogens (tertiary/aromatic N) is 2. The molecule has 0 fully saturated rings. The molecule has 0 aliphatic heterocycles. The molecular weight excluding hydrogens is 236 g/mol. The first-order chi connectivity index (χ1) is 9.29. The van der Waals surface area contributed by atoms with Crippen molar-refractivity contribution in [2.45, 2.75) is 13.5 Å². The lowest BCUT2D eigenvalue weighted by molar-refractivity contribution is 0.112. The maximum atomic E-state index is 11.3. The molecule has 3 rings (SSSR count). The van der Waals surface area contributed by atoms with Gasteiger partial charge in [0.25, 0.3) is 0 Å². The highest BCUT2D eigenvalue weighted by Crippen LogP contribution is 2.23. The third-order valence-corrected chi connectivity index (χ3v) is 3.46. The van der Waals surface area contributed by atoms with Gasteiger partial charge in [-0.25, -0.2) is 4.98 Å². The lowest BCUT2D eigenvalue weighted by Crippen LogP contribution is -2.04. The predicted octanol–water partition coefficient (Wildman–Crippen LogP) is 3.21. The van der Waals surface area contributed by atoms with Crippen LogP contribution in [-0.2, 0) is 6.54 Å². The highest BCUT2D eigenvalue weighted by molar-refractivity contribution is 5.93. The van der Waals surface area contributed by atoms with Crippen molar-refractivity contribution in [2.75, 3.05) is 0 Å². The highest BCUT2D eigenvalue weighted by atomic mass is 16.1. The number of carbonyl (C=O) groups is 1. The Morgan fingerprint density at radius 3 is 2.79 bits per heavy atom. The first-order valence-electron chi connectivity index (χ1n) is 6.23. The van der Waals surface area contributed by atoms with Gasteiger partial charge in [-0.05, 0) is 23.3 Å². The summed E-state index contributed by atoms with van der Waals surface area (Å²) in [6.07, 6.45) is 4.64. The Kier molecular flexibility index (Phi) is 2.88. The maximum absolute atomic E-state index is 11.3. The van der Waals surface area contributed by atoms with E-state index in [1.165, 1.54) is 0 Å². The summed E-state index contributed by atoms with van der Waals surface area (Å²) in [5.41, 5.74) is 1.79. The lowest BCUT2D eigenvalue weighted by atomic mass is 9.99. The molecule has 0 spiro atoms. The fourth-order valence-electron chi connectivity index (χ4n) is 2.38. The summed E-state index contributed by atoms with van der Waals surface area (Å²) in [4.78, 5) is 15.5. The fraction of sp³-hybridized carbons (Fsp3) is 0.125. The molecule has 3 nitrogen and oxygen atoms in total. The summed E-state index contributed by atoms with van der Waals surface area (Å²) in [7, 11) is 0. The van der Waals surface area contributed by atoms with E-state index in [9.17, 15) is 4.79 Å². The molecule has 0 radical (unpaired) electrons. The van der Waals surface area contributed by atoms with Crippen LogP contribution in [0.25, 0.3) is 10.8 Å². The van der Waals surface area contributed by atoms with Crippen molar-refractivity contribution in [2.24, 2.45) is 0 Å². The summed E-state index contributed by atoms with van der Waals surface area (Å²) >= 11 is 0. The van der Waals surface area contributed by atoms with Gasteiger partial charge in [0.2, 0.25) is 0 Å². The van der Waals surface area contributed by atoms with E-state index in [1.807, 2.05) is 37.4 Å². The molecule has 0 atom stereocenters. The minimum Gasteiger partial charge on any atom is -0.331 e. The molecule has 19 heavy (non-hydrogen) atoms. The second kappa shape index (κ2) is 4.69. The van der Waals surface area contributed by atoms with Crippen LogP contribution in [0.4, 0.5) is 0 Å². The standard InChI is InChI=1S/C16H14N2O/c1-12-17-8-9-18(12)10-16-14(11-19)7-6-13-4-2-3-5-15(13)16/h2-9,11H,10H2,1H3. The average Bonchev–Trinajstić information content (AvgIpc) is 2.85. The van der Waals surface area contributed by atoms with Crippen LogP contribution >= 0.6 is 0 Å². The zero-order valence-electron chi connectivity index (χ0n) is 10.7. The zero-order chi connectivity index (χ0) is 13.2. The molecule has 94 valence electrons. The van der Waals surface area contributed by atoms with Gasteiger partial charge in [0, 0.05) is 18.0 Å². The predicted molar refractivity (Wildman–Crippen MR) is 75.4 cm³/mol. The quantitative estimate of drug-likeness (QED) is 0.669. The third-order valence-electron chi connectivity index (χ3n) is 3.46. The number of fused-ring (bicyclic) bond motifs is 1. The van der Waals surface area contributed by atoms with Crippen molar-refractivity contribution >= 4 is 17.1 Å². The molecule has 2 aromatic carbocycles. The Morgan fingerprint density at radius 2 is 2.05 bits per heavy atom. The summed E-state index contributed by atoms with van der Waals surface area (Å²) in [6, 6.07) is 12.0. The van der Waals surface area contributed by atoms with Crippen LogP contribution in [0.5, 0.6) is 0 Å². The van der Waals surface area contributed by atoms with Gasteiger partial charge in [0.1, 0.15) is 12.1 Å². The minimum absolute atomic E-state index is 0.668. The molecule has 3 aromatic rings. The lowest BCUT2D eigenvalue weighted by Gasteiger charge is -2.11. The summed E-state index contributed by atoms with van der Waals surface area (Å²) < 4.78 is 2.05. The van der Waals surface area contributed by atoms with E-state index in [0.29, 0.717) is 6.54 Å². The van der Waals surface area contributed by atoms with E-state index in [-0.39, 0.29) is 0 Å². The molecule has 0 bridgehead atoms. The first-order valence-corrected chi connectivity index (χ1v) is 6.23. The minimum atomic E-state index is 0.668. The second-order valence-electron chi connectivity index (χ2n) is 4.57. The van der Waals surface area contributed by atoms with Gasteiger partial charge in [0.05, 0.1) is 6.54 Å². The van der Waals surface area contributed by atoms with Crippen LogP contribution in [0.1, 0.15) is 21.7 Å². The third kappa shape index (κ3) is 2.03. The molecule has 0 unspecified atom stereocenters. The van der Waals surface area contributed by atoms with Crippen LogP contribution in [0.15, 0.2) is 48.8 Å². The molecular formula is C16H14N2O. The summed E-state index contributed by atoms with van der Waals surface area (Å²) in [5, 5.41) is 2.28. The van der Waals surface area contributed by atoms with Crippen LogP contribution in [0, 0.1) is 6.92 Å². The number of carbonyl (C=O) groups excluding carboxylic acids is 1. The van der Waals surface area contributed by atoms with E-state index in [4.69, 9.17) is 0 Å². The van der Waals surface area contributed by atoms with Crippen LogP contribution in [0.2, 0.25) is 0 Å². The Balaban J connectivity index is 2.20. The van der Waals surface area contributed by atoms with Crippen molar-refractivity contribution in [1.82, 2.24) is 9.55 Å². The van der Waals surface area contributed by atoms with Crippen LogP contribution in [-0.4, -0.2) is 15.8 Å². The van der Waals surface area contributed by atoms with E-state index >= 15 is 0 Å². The number of aldehydes is 1. The smallest absolute Gasteiger partial charge is 0.150 e. The van der Waals surface area contributed by atoms with E-state index in [0.717, 1.165) is 34.0 Å². The van der Waals surface area contributed by atoms with Gasteiger partial charge < -0.3 is 4.57 Å². The van der Waals surface area contributed by atoms with Crippen molar-refractivity contribution in [3.63, 3.8) is 0 Å².